The summed E-state index contributed by atoms with van der Waals surface area (Å²) in [5.41, 5.74) is 2.08. The van der Waals surface area contributed by atoms with Crippen LogP contribution in [0.2, 0.25) is 0 Å². The van der Waals surface area contributed by atoms with E-state index in [2.05, 4.69) is 10.6 Å². The minimum atomic E-state index is -0.416. The second-order valence-electron chi connectivity index (χ2n) is 5.82. The van der Waals surface area contributed by atoms with Crippen LogP contribution in [0.4, 0.5) is 17.1 Å². The second-order valence-corrected chi connectivity index (χ2v) is 5.82. The number of carbonyl (C=O) groups is 1. The van der Waals surface area contributed by atoms with Crippen molar-refractivity contribution in [3.63, 3.8) is 0 Å². The molecule has 25 heavy (non-hydrogen) atoms. The van der Waals surface area contributed by atoms with Crippen LogP contribution in [0.25, 0.3) is 0 Å². The Morgan fingerprint density at radius 2 is 2.08 bits per heavy atom. The van der Waals surface area contributed by atoms with Gasteiger partial charge in [-0.2, -0.15) is 0 Å². The number of rotatable bonds is 6. The van der Waals surface area contributed by atoms with Crippen LogP contribution in [0, 0.1) is 10.1 Å². The van der Waals surface area contributed by atoms with E-state index in [0.29, 0.717) is 24.5 Å². The Balaban J connectivity index is 1.64. The van der Waals surface area contributed by atoms with Crippen molar-refractivity contribution in [2.24, 2.45) is 0 Å². The molecule has 0 bridgehead atoms. The lowest BCUT2D eigenvalue weighted by atomic mass is 10.1. The Morgan fingerprint density at radius 1 is 1.24 bits per heavy atom. The number of anilines is 2. The van der Waals surface area contributed by atoms with E-state index < -0.39 is 4.92 Å². The van der Waals surface area contributed by atoms with Crippen molar-refractivity contribution >= 4 is 23.0 Å². The van der Waals surface area contributed by atoms with Crippen molar-refractivity contribution in [3.8, 4) is 0 Å². The van der Waals surface area contributed by atoms with Gasteiger partial charge in [-0.05, 0) is 36.6 Å². The van der Waals surface area contributed by atoms with Crippen LogP contribution in [0.5, 0.6) is 0 Å². The molecule has 1 atom stereocenters. The van der Waals surface area contributed by atoms with Gasteiger partial charge in [-0.1, -0.05) is 24.3 Å². The molecule has 3 rings (SSSR count). The second kappa shape index (κ2) is 7.76. The Bertz CT molecular complexity index is 772. The Labute approximate surface area is 145 Å². The van der Waals surface area contributed by atoms with Crippen LogP contribution in [0.15, 0.2) is 48.5 Å². The molecule has 0 spiro atoms. The predicted octanol–water partition coefficient (Wildman–Crippen LogP) is 3.32. The average Bonchev–Trinajstić information content (AvgIpc) is 3.15. The zero-order valence-corrected chi connectivity index (χ0v) is 13.6. The van der Waals surface area contributed by atoms with Crippen molar-refractivity contribution in [1.82, 2.24) is 0 Å². The largest absolute Gasteiger partial charge is 0.375 e. The van der Waals surface area contributed by atoms with E-state index in [0.717, 1.165) is 18.4 Å². The third-order valence-electron chi connectivity index (χ3n) is 4.00. The van der Waals surface area contributed by atoms with Crippen LogP contribution in [0.3, 0.4) is 0 Å². The number of nitrogens with one attached hydrogen (secondary N) is 2. The molecule has 1 saturated heterocycles. The third-order valence-corrected chi connectivity index (χ3v) is 4.00. The summed E-state index contributed by atoms with van der Waals surface area (Å²) in [6.45, 7) is 1.03. The first kappa shape index (κ1) is 16.9. The fraction of sp³-hybridized carbons (Fsp3) is 0.278. The van der Waals surface area contributed by atoms with E-state index in [4.69, 9.17) is 4.74 Å². The highest BCUT2D eigenvalue weighted by atomic mass is 16.6. The highest BCUT2D eigenvalue weighted by molar-refractivity contribution is 5.94. The molecule has 0 aromatic heterocycles. The molecule has 2 aromatic rings. The lowest BCUT2D eigenvalue weighted by Gasteiger charge is -2.12. The summed E-state index contributed by atoms with van der Waals surface area (Å²) in [5, 5.41) is 17.0. The van der Waals surface area contributed by atoms with Gasteiger partial charge in [0.15, 0.2) is 0 Å². The summed E-state index contributed by atoms with van der Waals surface area (Å²) < 4.78 is 5.37. The van der Waals surface area contributed by atoms with Gasteiger partial charge in [0.1, 0.15) is 11.8 Å². The smallest absolute Gasteiger partial charge is 0.292 e. The fourth-order valence-corrected chi connectivity index (χ4v) is 2.75. The van der Waals surface area contributed by atoms with Crippen molar-refractivity contribution < 1.29 is 14.5 Å². The van der Waals surface area contributed by atoms with Gasteiger partial charge in [-0.15, -0.1) is 0 Å². The first-order chi connectivity index (χ1) is 12.1. The van der Waals surface area contributed by atoms with Gasteiger partial charge in [-0.25, -0.2) is 0 Å². The lowest BCUT2D eigenvalue weighted by Crippen LogP contribution is -2.26. The van der Waals surface area contributed by atoms with Crippen molar-refractivity contribution in [1.29, 1.82) is 0 Å². The molecule has 1 aliphatic heterocycles. The van der Waals surface area contributed by atoms with Crippen molar-refractivity contribution in [2.75, 3.05) is 17.2 Å². The molecule has 2 N–H and O–H groups in total. The van der Waals surface area contributed by atoms with E-state index >= 15 is 0 Å². The van der Waals surface area contributed by atoms with Gasteiger partial charge in [-0.3, -0.25) is 14.9 Å². The minimum Gasteiger partial charge on any atom is -0.375 e. The maximum absolute atomic E-state index is 12.1. The number of hydrogen-bond donors (Lipinski definition) is 2. The number of amides is 1. The zero-order chi connectivity index (χ0) is 17.6. The molecule has 7 nitrogen and oxygen atoms in total. The average molecular weight is 341 g/mol. The summed E-state index contributed by atoms with van der Waals surface area (Å²) in [5.74, 6) is -0.138. The first-order valence-corrected chi connectivity index (χ1v) is 8.12. The van der Waals surface area contributed by atoms with Gasteiger partial charge in [0.25, 0.3) is 11.6 Å². The lowest BCUT2D eigenvalue weighted by molar-refractivity contribution is -0.384. The Kier molecular flexibility index (Phi) is 5.25. The van der Waals surface area contributed by atoms with E-state index in [-0.39, 0.29) is 17.7 Å². The minimum absolute atomic E-state index is 0.0327. The molecule has 0 aliphatic carbocycles. The molecule has 0 radical (unpaired) electrons. The number of ether oxygens (including phenoxy) is 1. The Morgan fingerprint density at radius 3 is 2.84 bits per heavy atom. The predicted molar refractivity (Wildman–Crippen MR) is 94.5 cm³/mol. The number of para-hydroxylation sites is 2. The number of carbonyl (C=O) groups excluding carboxylic acids is 1. The molecule has 1 fully saturated rings. The summed E-state index contributed by atoms with van der Waals surface area (Å²) in [6.07, 6.45) is 1.26. The van der Waals surface area contributed by atoms with Crippen LogP contribution in [0.1, 0.15) is 18.4 Å². The summed E-state index contributed by atoms with van der Waals surface area (Å²) >= 11 is 0. The molecular weight excluding hydrogens is 322 g/mol. The number of nitrogens with zero attached hydrogens (tertiary/aromatic N) is 1. The maximum Gasteiger partial charge on any atom is 0.292 e. The molecule has 0 saturated carbocycles. The molecule has 1 amide bonds. The van der Waals surface area contributed by atoms with Gasteiger partial charge in [0, 0.05) is 24.9 Å². The van der Waals surface area contributed by atoms with E-state index in [1.165, 1.54) is 6.07 Å². The molecule has 1 aliphatic rings. The van der Waals surface area contributed by atoms with Gasteiger partial charge >= 0.3 is 0 Å². The highest BCUT2D eigenvalue weighted by Crippen LogP contribution is 2.24. The molecular formula is C18H19N3O4. The molecule has 7 heteroatoms. The number of hydrogen-bond acceptors (Lipinski definition) is 5. The highest BCUT2D eigenvalue weighted by Gasteiger charge is 2.23. The van der Waals surface area contributed by atoms with Crippen LogP contribution >= 0.6 is 0 Å². The van der Waals surface area contributed by atoms with Gasteiger partial charge in [0.2, 0.25) is 0 Å². The maximum atomic E-state index is 12.1. The molecule has 0 unspecified atom stereocenters. The third kappa shape index (κ3) is 4.33. The van der Waals surface area contributed by atoms with Gasteiger partial charge in [0.05, 0.1) is 4.92 Å². The number of nitro groups is 1. The first-order valence-electron chi connectivity index (χ1n) is 8.12. The van der Waals surface area contributed by atoms with Crippen LogP contribution in [-0.4, -0.2) is 23.5 Å². The fourth-order valence-electron chi connectivity index (χ4n) is 2.75. The number of benzene rings is 2. The van der Waals surface area contributed by atoms with E-state index in [1.54, 1.807) is 24.3 Å². The quantitative estimate of drug-likeness (QED) is 0.621. The molecule has 130 valence electrons. The normalized spacial score (nSPS) is 16.4. The molecule has 1 heterocycles. The van der Waals surface area contributed by atoms with Crippen molar-refractivity contribution in [3.05, 3.63) is 64.2 Å². The summed E-state index contributed by atoms with van der Waals surface area (Å²) in [4.78, 5) is 22.7. The zero-order valence-electron chi connectivity index (χ0n) is 13.6. The Hall–Kier alpha value is -2.93. The SMILES string of the molecule is O=C(Nc1cccc(CNc2ccccc2[N+](=O)[O-])c1)[C@@H]1CCCO1. The topological polar surface area (TPSA) is 93.5 Å². The van der Waals surface area contributed by atoms with E-state index in [1.807, 2.05) is 18.2 Å². The van der Waals surface area contributed by atoms with Crippen LogP contribution in [-0.2, 0) is 16.1 Å². The monoisotopic (exact) mass is 341 g/mol. The van der Waals surface area contributed by atoms with Crippen molar-refractivity contribution in [2.45, 2.75) is 25.5 Å². The standard InChI is InChI=1S/C18H19N3O4/c22-18(17-9-4-10-25-17)20-14-6-3-5-13(11-14)12-19-15-7-1-2-8-16(15)21(23)24/h1-3,5-8,11,17,19H,4,9-10,12H2,(H,20,22)/t17-/m0/s1. The molecule has 2 aromatic carbocycles. The van der Waals surface area contributed by atoms with E-state index in [9.17, 15) is 14.9 Å². The van der Waals surface area contributed by atoms with Gasteiger partial charge < -0.3 is 15.4 Å². The summed E-state index contributed by atoms with van der Waals surface area (Å²) in [6, 6.07) is 13.9. The van der Waals surface area contributed by atoms with Crippen LogP contribution < -0.4 is 10.6 Å². The number of nitro benzene ring substituents is 1. The summed E-state index contributed by atoms with van der Waals surface area (Å²) in [7, 11) is 0.